The number of amides is 1. The van der Waals surface area contributed by atoms with Crippen LogP contribution in [0, 0.1) is 0 Å². The average molecular weight is 472 g/mol. The van der Waals surface area contributed by atoms with Crippen molar-refractivity contribution in [2.24, 2.45) is 5.73 Å². The summed E-state index contributed by atoms with van der Waals surface area (Å²) in [6.45, 7) is 3.10. The summed E-state index contributed by atoms with van der Waals surface area (Å²) in [6, 6.07) is 24.8. The van der Waals surface area contributed by atoms with Gasteiger partial charge < -0.3 is 10.6 Å². The van der Waals surface area contributed by atoms with Gasteiger partial charge in [0.15, 0.2) is 0 Å². The summed E-state index contributed by atoms with van der Waals surface area (Å²) >= 11 is 0. The Bertz CT molecular complexity index is 1110. The fourth-order valence-corrected chi connectivity index (χ4v) is 4.97. The number of aryl methyl sites for hydroxylation is 1. The summed E-state index contributed by atoms with van der Waals surface area (Å²) in [5.74, 6) is 0.361. The predicted molar refractivity (Wildman–Crippen MR) is 142 cm³/mol. The number of hydrogen-bond donors (Lipinski definition) is 1. The second kappa shape index (κ2) is 12.6. The lowest BCUT2D eigenvalue weighted by Gasteiger charge is -2.40. The summed E-state index contributed by atoms with van der Waals surface area (Å²) in [5.41, 5.74) is 8.13. The minimum absolute atomic E-state index is 0.157. The van der Waals surface area contributed by atoms with Crippen molar-refractivity contribution in [2.45, 2.75) is 44.6 Å². The van der Waals surface area contributed by atoms with E-state index >= 15 is 0 Å². The third-order valence-corrected chi connectivity index (χ3v) is 7.03. The van der Waals surface area contributed by atoms with Crippen LogP contribution in [-0.4, -0.2) is 60.3 Å². The zero-order valence-corrected chi connectivity index (χ0v) is 20.6. The molecule has 3 aromatic rings. The molecular formula is C30H37N3O2. The monoisotopic (exact) mass is 471 g/mol. The molecule has 35 heavy (non-hydrogen) atoms. The maximum atomic E-state index is 13.5. The van der Waals surface area contributed by atoms with Crippen LogP contribution in [0.25, 0.3) is 10.8 Å². The van der Waals surface area contributed by atoms with Crippen LogP contribution >= 0.6 is 0 Å². The molecule has 5 heteroatoms. The zero-order chi connectivity index (χ0) is 24.5. The molecule has 1 aliphatic heterocycles. The van der Waals surface area contributed by atoms with E-state index in [1.165, 1.54) is 21.9 Å². The van der Waals surface area contributed by atoms with E-state index in [9.17, 15) is 9.59 Å². The third-order valence-electron chi connectivity index (χ3n) is 7.03. The number of carbonyl (C=O) groups is 2. The highest BCUT2D eigenvalue weighted by Gasteiger charge is 2.34. The lowest BCUT2D eigenvalue weighted by Crippen LogP contribution is -2.58. The first-order valence-electron chi connectivity index (χ1n) is 12.9. The van der Waals surface area contributed by atoms with Crippen molar-refractivity contribution in [2.75, 3.05) is 32.7 Å². The molecule has 0 unspecified atom stereocenters. The highest BCUT2D eigenvalue weighted by molar-refractivity contribution is 5.85. The van der Waals surface area contributed by atoms with Crippen LogP contribution in [-0.2, 0) is 22.4 Å². The van der Waals surface area contributed by atoms with Gasteiger partial charge in [0, 0.05) is 26.1 Å². The quantitative estimate of drug-likeness (QED) is 0.402. The van der Waals surface area contributed by atoms with E-state index < -0.39 is 0 Å². The largest absolute Gasteiger partial charge is 0.340 e. The number of nitrogens with zero attached hydrogens (tertiary/aromatic N) is 2. The van der Waals surface area contributed by atoms with E-state index in [0.29, 0.717) is 32.6 Å². The smallest absolute Gasteiger partial charge is 0.239 e. The van der Waals surface area contributed by atoms with Crippen molar-refractivity contribution in [3.8, 4) is 0 Å². The van der Waals surface area contributed by atoms with Crippen LogP contribution in [0.15, 0.2) is 72.8 Å². The Morgan fingerprint density at radius 2 is 1.63 bits per heavy atom. The molecule has 0 saturated carbocycles. The second-order valence-electron chi connectivity index (χ2n) is 9.55. The van der Waals surface area contributed by atoms with Gasteiger partial charge in [0.05, 0.1) is 12.6 Å². The fraction of sp³-hybridized carbons (Fsp3) is 0.400. The van der Waals surface area contributed by atoms with Crippen molar-refractivity contribution in [3.05, 3.63) is 83.9 Å². The summed E-state index contributed by atoms with van der Waals surface area (Å²) in [4.78, 5) is 30.3. The summed E-state index contributed by atoms with van der Waals surface area (Å²) in [5, 5.41) is 2.47. The minimum Gasteiger partial charge on any atom is -0.340 e. The molecule has 1 saturated heterocycles. The van der Waals surface area contributed by atoms with E-state index in [-0.39, 0.29) is 17.7 Å². The van der Waals surface area contributed by atoms with E-state index in [4.69, 9.17) is 5.73 Å². The highest BCUT2D eigenvalue weighted by atomic mass is 16.2. The standard InChI is InChI=1S/C30H37N3O2/c31-18-7-6-12-29-30(35)32(19-17-25-13-15-26-10-4-5-11-27(26)22-25)20-21-33(29)23-28(34)16-14-24-8-2-1-3-9-24/h1-5,8-11,13,15,22,29H,6-7,12,14,16-21,23,31H2/t29-/m0/s1. The normalized spacial score (nSPS) is 16.7. The number of ketones is 1. The number of unbranched alkanes of at least 4 members (excludes halogenated alkanes) is 1. The van der Waals surface area contributed by atoms with Crippen molar-refractivity contribution in [3.63, 3.8) is 0 Å². The molecule has 4 rings (SSSR count). The van der Waals surface area contributed by atoms with Crippen LogP contribution in [0.5, 0.6) is 0 Å². The molecule has 3 aromatic carbocycles. The highest BCUT2D eigenvalue weighted by Crippen LogP contribution is 2.20. The van der Waals surface area contributed by atoms with Crippen LogP contribution in [0.2, 0.25) is 0 Å². The van der Waals surface area contributed by atoms with E-state index in [0.717, 1.165) is 38.6 Å². The van der Waals surface area contributed by atoms with Crippen molar-refractivity contribution >= 4 is 22.5 Å². The maximum absolute atomic E-state index is 13.5. The first-order valence-corrected chi connectivity index (χ1v) is 12.9. The van der Waals surface area contributed by atoms with E-state index in [1.807, 2.05) is 23.1 Å². The Morgan fingerprint density at radius 1 is 0.857 bits per heavy atom. The third kappa shape index (κ3) is 7.00. The fourth-order valence-electron chi connectivity index (χ4n) is 4.97. The van der Waals surface area contributed by atoms with Gasteiger partial charge in [-0.25, -0.2) is 0 Å². The van der Waals surface area contributed by atoms with Crippen LogP contribution < -0.4 is 5.73 Å². The molecular weight excluding hydrogens is 434 g/mol. The molecule has 1 heterocycles. The van der Waals surface area contributed by atoms with Gasteiger partial charge in [-0.15, -0.1) is 0 Å². The number of carbonyl (C=O) groups excluding carboxylic acids is 2. The topological polar surface area (TPSA) is 66.6 Å². The molecule has 1 atom stereocenters. The molecule has 1 amide bonds. The Balaban J connectivity index is 1.35. The molecule has 1 fully saturated rings. The van der Waals surface area contributed by atoms with Gasteiger partial charge in [0.2, 0.25) is 5.91 Å². The number of rotatable bonds is 12. The average Bonchev–Trinajstić information content (AvgIpc) is 2.89. The van der Waals surface area contributed by atoms with E-state index in [1.54, 1.807) is 0 Å². The van der Waals surface area contributed by atoms with Crippen molar-refractivity contribution in [1.82, 2.24) is 9.80 Å². The Hall–Kier alpha value is -3.02. The molecule has 0 bridgehead atoms. The number of hydrogen-bond acceptors (Lipinski definition) is 4. The molecule has 1 aliphatic rings. The number of fused-ring (bicyclic) bond motifs is 1. The predicted octanol–water partition coefficient (Wildman–Crippen LogP) is 4.23. The van der Waals surface area contributed by atoms with Gasteiger partial charge >= 0.3 is 0 Å². The van der Waals surface area contributed by atoms with Gasteiger partial charge in [-0.05, 0) is 54.1 Å². The first-order chi connectivity index (χ1) is 17.1. The van der Waals surface area contributed by atoms with Gasteiger partial charge in [-0.3, -0.25) is 14.5 Å². The van der Waals surface area contributed by atoms with Crippen LogP contribution in [0.4, 0.5) is 0 Å². The molecule has 0 spiro atoms. The van der Waals surface area contributed by atoms with Gasteiger partial charge in [0.1, 0.15) is 5.78 Å². The molecule has 2 N–H and O–H groups in total. The molecule has 5 nitrogen and oxygen atoms in total. The zero-order valence-electron chi connectivity index (χ0n) is 20.6. The Labute approximate surface area is 208 Å². The van der Waals surface area contributed by atoms with Gasteiger partial charge in [-0.1, -0.05) is 79.2 Å². The maximum Gasteiger partial charge on any atom is 0.239 e. The van der Waals surface area contributed by atoms with Gasteiger partial charge in [-0.2, -0.15) is 0 Å². The van der Waals surface area contributed by atoms with Crippen molar-refractivity contribution in [1.29, 1.82) is 0 Å². The number of Topliss-reactive ketones (excluding diaryl/α,β-unsaturated/α-hetero) is 1. The van der Waals surface area contributed by atoms with E-state index in [2.05, 4.69) is 59.5 Å². The minimum atomic E-state index is -0.229. The van der Waals surface area contributed by atoms with Crippen LogP contribution in [0.1, 0.15) is 36.8 Å². The van der Waals surface area contributed by atoms with Crippen molar-refractivity contribution < 1.29 is 9.59 Å². The van der Waals surface area contributed by atoms with Gasteiger partial charge in [0.25, 0.3) is 0 Å². The Kier molecular flexibility index (Phi) is 9.04. The summed E-state index contributed by atoms with van der Waals surface area (Å²) in [7, 11) is 0. The summed E-state index contributed by atoms with van der Waals surface area (Å²) in [6.07, 6.45) is 4.65. The lowest BCUT2D eigenvalue weighted by atomic mass is 10.0. The number of piperazine rings is 1. The molecule has 0 aromatic heterocycles. The molecule has 184 valence electrons. The summed E-state index contributed by atoms with van der Waals surface area (Å²) < 4.78 is 0. The first kappa shape index (κ1) is 25.1. The van der Waals surface area contributed by atoms with Crippen LogP contribution in [0.3, 0.4) is 0 Å². The SMILES string of the molecule is NCCCC[C@H]1C(=O)N(CCc2ccc3ccccc3c2)CCN1CC(=O)CCc1ccccc1. The lowest BCUT2D eigenvalue weighted by molar-refractivity contribution is -0.143. The molecule has 0 aliphatic carbocycles. The number of nitrogens with two attached hydrogens (primary N) is 1. The number of benzene rings is 3. The Morgan fingerprint density at radius 3 is 2.43 bits per heavy atom. The molecule has 0 radical (unpaired) electrons. The second-order valence-corrected chi connectivity index (χ2v) is 9.55.